The van der Waals surface area contributed by atoms with E-state index in [9.17, 15) is 4.79 Å². The van der Waals surface area contributed by atoms with Gasteiger partial charge in [0.1, 0.15) is 0 Å². The van der Waals surface area contributed by atoms with Crippen LogP contribution in [0.15, 0.2) is 42.5 Å². The number of aromatic amines is 1. The number of carboxylic acid groups (broad SMARTS) is 1. The second-order valence-electron chi connectivity index (χ2n) is 4.26. The maximum Gasteiger partial charge on any atom is 0.335 e. The topological polar surface area (TPSA) is 92.0 Å². The molecule has 5 heteroatoms. The molecule has 2 aromatic carbocycles. The largest absolute Gasteiger partial charge is 0.478 e. The first-order valence-corrected chi connectivity index (χ1v) is 5.72. The summed E-state index contributed by atoms with van der Waals surface area (Å²) in [7, 11) is 0. The minimum atomic E-state index is -0.936. The van der Waals surface area contributed by atoms with E-state index in [0.717, 1.165) is 22.0 Å². The molecular weight excluding hydrogens is 242 g/mol. The summed E-state index contributed by atoms with van der Waals surface area (Å²) in [5.41, 5.74) is 8.56. The van der Waals surface area contributed by atoms with Gasteiger partial charge in [0.15, 0.2) is 5.82 Å². The number of hydrogen-bond donors (Lipinski definition) is 3. The molecule has 0 saturated heterocycles. The molecule has 0 aliphatic rings. The molecule has 0 saturated carbocycles. The van der Waals surface area contributed by atoms with E-state index in [1.54, 1.807) is 18.2 Å². The van der Waals surface area contributed by atoms with Gasteiger partial charge in [-0.2, -0.15) is 5.10 Å². The lowest BCUT2D eigenvalue weighted by Crippen LogP contribution is -1.95. The van der Waals surface area contributed by atoms with Crippen LogP contribution < -0.4 is 5.73 Å². The highest BCUT2D eigenvalue weighted by Crippen LogP contribution is 2.26. The molecule has 5 nitrogen and oxygen atoms in total. The number of carboxylic acids is 1. The summed E-state index contributed by atoms with van der Waals surface area (Å²) in [4.78, 5) is 11.0. The molecule has 1 heterocycles. The first kappa shape index (κ1) is 11.3. The van der Waals surface area contributed by atoms with Crippen LogP contribution in [0.1, 0.15) is 10.4 Å². The minimum Gasteiger partial charge on any atom is -0.478 e. The van der Waals surface area contributed by atoms with Crippen molar-refractivity contribution in [3.63, 3.8) is 0 Å². The highest BCUT2D eigenvalue weighted by Gasteiger charge is 2.07. The van der Waals surface area contributed by atoms with Crippen LogP contribution in [0, 0.1) is 0 Å². The predicted octanol–water partition coefficient (Wildman–Crippen LogP) is 2.51. The third kappa shape index (κ3) is 1.91. The van der Waals surface area contributed by atoms with Crippen molar-refractivity contribution in [1.29, 1.82) is 0 Å². The Balaban J connectivity index is 2.13. The minimum absolute atomic E-state index is 0.265. The first-order valence-electron chi connectivity index (χ1n) is 5.72. The predicted molar refractivity (Wildman–Crippen MR) is 72.9 cm³/mol. The number of rotatable bonds is 2. The maximum absolute atomic E-state index is 11.0. The van der Waals surface area contributed by atoms with Crippen LogP contribution in [0.5, 0.6) is 0 Å². The summed E-state index contributed by atoms with van der Waals surface area (Å²) in [5.74, 6) is -0.477. The summed E-state index contributed by atoms with van der Waals surface area (Å²) in [6.45, 7) is 0. The number of fused-ring (bicyclic) bond motifs is 1. The third-order valence-corrected chi connectivity index (χ3v) is 3.04. The van der Waals surface area contributed by atoms with Crippen molar-refractivity contribution in [1.82, 2.24) is 10.2 Å². The Kier molecular flexibility index (Phi) is 2.45. The van der Waals surface area contributed by atoms with Crippen LogP contribution in [0.25, 0.3) is 22.0 Å². The summed E-state index contributed by atoms with van der Waals surface area (Å²) in [6.07, 6.45) is 0. The van der Waals surface area contributed by atoms with Crippen molar-refractivity contribution in [2.75, 3.05) is 5.73 Å². The van der Waals surface area contributed by atoms with Gasteiger partial charge in [0, 0.05) is 5.39 Å². The van der Waals surface area contributed by atoms with E-state index in [1.807, 2.05) is 24.3 Å². The number of H-pyrrole nitrogens is 1. The normalized spacial score (nSPS) is 10.7. The molecule has 19 heavy (non-hydrogen) atoms. The Bertz CT molecular complexity index is 777. The average Bonchev–Trinajstić information content (AvgIpc) is 2.80. The summed E-state index contributed by atoms with van der Waals surface area (Å²) < 4.78 is 0. The first-order chi connectivity index (χ1) is 9.15. The standard InChI is InChI=1S/C14H11N3O2/c15-13-11-5-4-9(7-12(11)16-17-13)8-2-1-3-10(6-8)14(18)19/h1-7H,(H,18,19)(H3,15,16,17). The van der Waals surface area contributed by atoms with E-state index < -0.39 is 5.97 Å². The van der Waals surface area contributed by atoms with Gasteiger partial charge >= 0.3 is 5.97 Å². The van der Waals surface area contributed by atoms with Crippen molar-refractivity contribution >= 4 is 22.7 Å². The fraction of sp³-hybridized carbons (Fsp3) is 0. The molecule has 0 unspecified atom stereocenters. The number of benzene rings is 2. The van der Waals surface area contributed by atoms with Crippen LogP contribution in [0.3, 0.4) is 0 Å². The van der Waals surface area contributed by atoms with Crippen molar-refractivity contribution in [3.8, 4) is 11.1 Å². The Hall–Kier alpha value is -2.82. The van der Waals surface area contributed by atoms with Crippen LogP contribution in [0.2, 0.25) is 0 Å². The van der Waals surface area contributed by atoms with Crippen molar-refractivity contribution in [2.45, 2.75) is 0 Å². The van der Waals surface area contributed by atoms with E-state index in [-0.39, 0.29) is 5.56 Å². The number of carbonyl (C=O) groups is 1. The Morgan fingerprint density at radius 2 is 1.95 bits per heavy atom. The van der Waals surface area contributed by atoms with Gasteiger partial charge in [-0.3, -0.25) is 5.10 Å². The lowest BCUT2D eigenvalue weighted by Gasteiger charge is -2.03. The number of nitrogen functional groups attached to an aromatic ring is 1. The van der Waals surface area contributed by atoms with Crippen LogP contribution >= 0.6 is 0 Å². The fourth-order valence-electron chi connectivity index (χ4n) is 2.05. The van der Waals surface area contributed by atoms with E-state index >= 15 is 0 Å². The van der Waals surface area contributed by atoms with E-state index in [0.29, 0.717) is 5.82 Å². The molecule has 0 fully saturated rings. The summed E-state index contributed by atoms with van der Waals surface area (Å²) in [6, 6.07) is 12.5. The van der Waals surface area contributed by atoms with Gasteiger partial charge in [-0.05, 0) is 35.4 Å². The number of aromatic nitrogens is 2. The molecule has 0 spiro atoms. The SMILES string of the molecule is Nc1n[nH]c2cc(-c3cccc(C(=O)O)c3)ccc12. The monoisotopic (exact) mass is 253 g/mol. The molecule has 3 aromatic rings. The number of hydrogen-bond acceptors (Lipinski definition) is 3. The second-order valence-corrected chi connectivity index (χ2v) is 4.26. The number of anilines is 1. The van der Waals surface area contributed by atoms with Crippen molar-refractivity contribution < 1.29 is 9.90 Å². The van der Waals surface area contributed by atoms with Gasteiger partial charge in [-0.25, -0.2) is 4.79 Å². The Labute approximate surface area is 108 Å². The maximum atomic E-state index is 11.0. The molecule has 94 valence electrons. The Morgan fingerprint density at radius 3 is 2.74 bits per heavy atom. The zero-order valence-electron chi connectivity index (χ0n) is 9.92. The zero-order valence-corrected chi connectivity index (χ0v) is 9.92. The van der Waals surface area contributed by atoms with Gasteiger partial charge in [0.25, 0.3) is 0 Å². The van der Waals surface area contributed by atoms with Gasteiger partial charge in [-0.15, -0.1) is 0 Å². The molecule has 0 radical (unpaired) electrons. The average molecular weight is 253 g/mol. The lowest BCUT2D eigenvalue weighted by atomic mass is 10.0. The van der Waals surface area contributed by atoms with E-state index in [4.69, 9.17) is 10.8 Å². The third-order valence-electron chi connectivity index (χ3n) is 3.04. The molecule has 0 aliphatic heterocycles. The van der Waals surface area contributed by atoms with Crippen molar-refractivity contribution in [2.24, 2.45) is 0 Å². The molecule has 0 amide bonds. The molecule has 4 N–H and O–H groups in total. The van der Waals surface area contributed by atoms with Crippen LogP contribution in [0.4, 0.5) is 5.82 Å². The molecule has 0 bridgehead atoms. The highest BCUT2D eigenvalue weighted by atomic mass is 16.4. The van der Waals surface area contributed by atoms with Gasteiger partial charge in [0.05, 0.1) is 11.1 Å². The number of nitrogens with two attached hydrogens (primary N) is 1. The van der Waals surface area contributed by atoms with E-state index in [1.165, 1.54) is 0 Å². The van der Waals surface area contributed by atoms with Gasteiger partial charge in [0.2, 0.25) is 0 Å². The molecule has 0 aliphatic carbocycles. The fourth-order valence-corrected chi connectivity index (χ4v) is 2.05. The summed E-state index contributed by atoms with van der Waals surface area (Å²) in [5, 5.41) is 16.6. The molecular formula is C14H11N3O2. The van der Waals surface area contributed by atoms with Crippen molar-refractivity contribution in [3.05, 3.63) is 48.0 Å². The molecule has 0 atom stereocenters. The van der Waals surface area contributed by atoms with Crippen LogP contribution in [-0.4, -0.2) is 21.3 Å². The van der Waals surface area contributed by atoms with Gasteiger partial charge < -0.3 is 10.8 Å². The number of nitrogens with one attached hydrogen (secondary N) is 1. The second kappa shape index (κ2) is 4.13. The van der Waals surface area contributed by atoms with Crippen LogP contribution in [-0.2, 0) is 0 Å². The van der Waals surface area contributed by atoms with E-state index in [2.05, 4.69) is 10.2 Å². The summed E-state index contributed by atoms with van der Waals surface area (Å²) >= 11 is 0. The lowest BCUT2D eigenvalue weighted by molar-refractivity contribution is 0.0697. The number of nitrogens with zero attached hydrogens (tertiary/aromatic N) is 1. The Morgan fingerprint density at radius 1 is 1.16 bits per heavy atom. The number of aromatic carboxylic acids is 1. The smallest absolute Gasteiger partial charge is 0.335 e. The molecule has 3 rings (SSSR count). The quantitative estimate of drug-likeness (QED) is 0.654. The zero-order chi connectivity index (χ0) is 13.4. The van der Waals surface area contributed by atoms with Gasteiger partial charge in [-0.1, -0.05) is 18.2 Å². The highest BCUT2D eigenvalue weighted by molar-refractivity contribution is 5.93. The molecule has 1 aromatic heterocycles.